The van der Waals surface area contributed by atoms with Crippen molar-refractivity contribution in [2.45, 2.75) is 25.8 Å². The number of hydrogen-bond donors (Lipinski definition) is 2. The number of nitrogens with one attached hydrogen (secondary N) is 2. The molecule has 1 aromatic heterocycles. The number of aromatic amines is 1. The zero-order valence-corrected chi connectivity index (χ0v) is 12.5. The van der Waals surface area contributed by atoms with Gasteiger partial charge in [-0.1, -0.05) is 24.6 Å². The molecule has 3 rings (SSSR count). The molecule has 0 bridgehead atoms. The van der Waals surface area contributed by atoms with Crippen LogP contribution in [0.5, 0.6) is 0 Å². The molecule has 1 aliphatic rings. The predicted octanol–water partition coefficient (Wildman–Crippen LogP) is 0.969. The first kappa shape index (κ1) is 14.6. The van der Waals surface area contributed by atoms with Crippen molar-refractivity contribution in [2.75, 3.05) is 19.6 Å². The van der Waals surface area contributed by atoms with Gasteiger partial charge in [-0.2, -0.15) is 5.21 Å². The SMILES string of the molecule is O=C(CN1CCCCC1)NCc1cccc(-c2nn[nH]n2)c1. The summed E-state index contributed by atoms with van der Waals surface area (Å²) in [6, 6.07) is 7.79. The summed E-state index contributed by atoms with van der Waals surface area (Å²) in [5.74, 6) is 0.633. The Morgan fingerprint density at radius 3 is 2.91 bits per heavy atom. The van der Waals surface area contributed by atoms with Crippen LogP contribution in [-0.2, 0) is 11.3 Å². The molecular formula is C15H20N6O. The largest absolute Gasteiger partial charge is 0.351 e. The van der Waals surface area contributed by atoms with Crippen LogP contribution in [0.2, 0.25) is 0 Å². The maximum Gasteiger partial charge on any atom is 0.234 e. The van der Waals surface area contributed by atoms with Crippen LogP contribution in [0.3, 0.4) is 0 Å². The Kier molecular flexibility index (Phi) is 4.75. The van der Waals surface area contributed by atoms with E-state index >= 15 is 0 Å². The molecule has 0 radical (unpaired) electrons. The fraction of sp³-hybridized carbons (Fsp3) is 0.467. The number of carbonyl (C=O) groups excluding carboxylic acids is 1. The topological polar surface area (TPSA) is 86.8 Å². The molecular weight excluding hydrogens is 280 g/mol. The number of carbonyl (C=O) groups is 1. The highest BCUT2D eigenvalue weighted by Gasteiger charge is 2.13. The molecule has 116 valence electrons. The van der Waals surface area contributed by atoms with Crippen molar-refractivity contribution in [3.63, 3.8) is 0 Å². The van der Waals surface area contributed by atoms with Crippen molar-refractivity contribution in [1.29, 1.82) is 0 Å². The van der Waals surface area contributed by atoms with E-state index in [1.807, 2.05) is 24.3 Å². The molecule has 7 heteroatoms. The average Bonchev–Trinajstić information content (AvgIpc) is 3.09. The Labute approximate surface area is 129 Å². The third-order valence-corrected chi connectivity index (χ3v) is 3.84. The summed E-state index contributed by atoms with van der Waals surface area (Å²) in [6.45, 7) is 3.06. The highest BCUT2D eigenvalue weighted by atomic mass is 16.2. The lowest BCUT2D eigenvalue weighted by molar-refractivity contribution is -0.122. The van der Waals surface area contributed by atoms with E-state index in [1.54, 1.807) is 0 Å². The molecule has 0 aliphatic carbocycles. The average molecular weight is 300 g/mol. The normalized spacial score (nSPS) is 15.6. The number of nitrogens with zero attached hydrogens (tertiary/aromatic N) is 4. The van der Waals surface area contributed by atoms with Crippen molar-refractivity contribution < 1.29 is 4.79 Å². The summed E-state index contributed by atoms with van der Waals surface area (Å²) in [4.78, 5) is 14.2. The molecule has 2 heterocycles. The van der Waals surface area contributed by atoms with Crippen LogP contribution in [-0.4, -0.2) is 51.1 Å². The zero-order valence-electron chi connectivity index (χ0n) is 12.5. The summed E-state index contributed by atoms with van der Waals surface area (Å²) >= 11 is 0. The smallest absolute Gasteiger partial charge is 0.234 e. The Morgan fingerprint density at radius 2 is 2.14 bits per heavy atom. The molecule has 1 amide bonds. The number of tetrazole rings is 1. The Hall–Kier alpha value is -2.28. The van der Waals surface area contributed by atoms with Crippen molar-refractivity contribution in [3.8, 4) is 11.4 Å². The number of hydrogen-bond acceptors (Lipinski definition) is 5. The maximum absolute atomic E-state index is 12.0. The lowest BCUT2D eigenvalue weighted by Crippen LogP contribution is -2.39. The number of rotatable bonds is 5. The molecule has 0 atom stereocenters. The number of aromatic nitrogens is 4. The lowest BCUT2D eigenvalue weighted by Gasteiger charge is -2.25. The van der Waals surface area contributed by atoms with E-state index < -0.39 is 0 Å². The minimum atomic E-state index is 0.0758. The molecule has 22 heavy (non-hydrogen) atoms. The van der Waals surface area contributed by atoms with E-state index in [2.05, 4.69) is 30.8 Å². The molecule has 1 fully saturated rings. The minimum absolute atomic E-state index is 0.0758. The van der Waals surface area contributed by atoms with Crippen molar-refractivity contribution in [1.82, 2.24) is 30.8 Å². The first-order chi connectivity index (χ1) is 10.8. The second-order valence-electron chi connectivity index (χ2n) is 5.55. The number of piperidine rings is 1. The van der Waals surface area contributed by atoms with Crippen molar-refractivity contribution in [2.24, 2.45) is 0 Å². The molecule has 2 aromatic rings. The van der Waals surface area contributed by atoms with Gasteiger partial charge in [0.05, 0.1) is 6.54 Å². The van der Waals surface area contributed by atoms with Gasteiger partial charge in [0.2, 0.25) is 11.7 Å². The fourth-order valence-electron chi connectivity index (χ4n) is 2.68. The third-order valence-electron chi connectivity index (χ3n) is 3.84. The standard InChI is InChI=1S/C15H20N6O/c22-14(11-21-7-2-1-3-8-21)16-10-12-5-4-6-13(9-12)15-17-19-20-18-15/h4-6,9H,1-3,7-8,10-11H2,(H,16,22)(H,17,18,19,20). The van der Waals surface area contributed by atoms with Crippen LogP contribution >= 0.6 is 0 Å². The molecule has 2 N–H and O–H groups in total. The van der Waals surface area contributed by atoms with Gasteiger partial charge in [-0.05, 0) is 42.8 Å². The van der Waals surface area contributed by atoms with Crippen LogP contribution in [0, 0.1) is 0 Å². The minimum Gasteiger partial charge on any atom is -0.351 e. The number of benzene rings is 1. The van der Waals surface area contributed by atoms with Crippen LogP contribution in [0.4, 0.5) is 0 Å². The number of likely N-dealkylation sites (tertiary alicyclic amines) is 1. The zero-order chi connectivity index (χ0) is 15.2. The van der Waals surface area contributed by atoms with Gasteiger partial charge in [0.25, 0.3) is 0 Å². The van der Waals surface area contributed by atoms with Gasteiger partial charge in [0.15, 0.2) is 0 Å². The third kappa shape index (κ3) is 3.88. The summed E-state index contributed by atoms with van der Waals surface area (Å²) in [5.41, 5.74) is 1.91. The quantitative estimate of drug-likeness (QED) is 0.859. The molecule has 1 aliphatic heterocycles. The van der Waals surface area contributed by atoms with Gasteiger partial charge >= 0.3 is 0 Å². The van der Waals surface area contributed by atoms with Gasteiger partial charge in [0.1, 0.15) is 0 Å². The van der Waals surface area contributed by atoms with Crippen LogP contribution in [0.15, 0.2) is 24.3 Å². The highest BCUT2D eigenvalue weighted by Crippen LogP contribution is 2.14. The second kappa shape index (κ2) is 7.13. The fourth-order valence-corrected chi connectivity index (χ4v) is 2.68. The molecule has 7 nitrogen and oxygen atoms in total. The van der Waals surface area contributed by atoms with E-state index in [0.29, 0.717) is 18.9 Å². The Bertz CT molecular complexity index is 606. The lowest BCUT2D eigenvalue weighted by atomic mass is 10.1. The summed E-state index contributed by atoms with van der Waals surface area (Å²) < 4.78 is 0. The first-order valence-electron chi connectivity index (χ1n) is 7.63. The van der Waals surface area contributed by atoms with Crippen molar-refractivity contribution in [3.05, 3.63) is 29.8 Å². The molecule has 1 saturated heterocycles. The van der Waals surface area contributed by atoms with Gasteiger partial charge in [-0.3, -0.25) is 9.69 Å². The molecule has 0 spiro atoms. The van der Waals surface area contributed by atoms with Gasteiger partial charge in [0, 0.05) is 12.1 Å². The van der Waals surface area contributed by atoms with E-state index in [0.717, 1.165) is 24.2 Å². The first-order valence-corrected chi connectivity index (χ1v) is 7.63. The summed E-state index contributed by atoms with van der Waals surface area (Å²) in [6.07, 6.45) is 3.67. The maximum atomic E-state index is 12.0. The predicted molar refractivity (Wildman–Crippen MR) is 81.8 cm³/mol. The summed E-state index contributed by atoms with van der Waals surface area (Å²) in [5, 5.41) is 16.9. The van der Waals surface area contributed by atoms with Gasteiger partial charge < -0.3 is 5.32 Å². The van der Waals surface area contributed by atoms with Crippen molar-refractivity contribution >= 4 is 5.91 Å². The van der Waals surface area contributed by atoms with E-state index in [-0.39, 0.29) is 5.91 Å². The van der Waals surface area contributed by atoms with E-state index in [4.69, 9.17) is 0 Å². The molecule has 0 saturated carbocycles. The summed E-state index contributed by atoms with van der Waals surface area (Å²) in [7, 11) is 0. The van der Waals surface area contributed by atoms with Crippen LogP contribution in [0.1, 0.15) is 24.8 Å². The van der Waals surface area contributed by atoms with Crippen LogP contribution < -0.4 is 5.32 Å². The Morgan fingerprint density at radius 1 is 1.27 bits per heavy atom. The monoisotopic (exact) mass is 300 g/mol. The van der Waals surface area contributed by atoms with Gasteiger partial charge in [-0.25, -0.2) is 0 Å². The molecule has 1 aromatic carbocycles. The number of amides is 1. The Balaban J connectivity index is 1.52. The number of H-pyrrole nitrogens is 1. The van der Waals surface area contributed by atoms with E-state index in [1.165, 1.54) is 19.3 Å². The van der Waals surface area contributed by atoms with Gasteiger partial charge in [-0.15, -0.1) is 10.2 Å². The second-order valence-corrected chi connectivity index (χ2v) is 5.55. The molecule has 0 unspecified atom stereocenters. The highest BCUT2D eigenvalue weighted by molar-refractivity contribution is 5.78. The van der Waals surface area contributed by atoms with E-state index in [9.17, 15) is 4.79 Å². The van der Waals surface area contributed by atoms with Crippen LogP contribution in [0.25, 0.3) is 11.4 Å².